The molecule has 0 saturated heterocycles. The van der Waals surface area contributed by atoms with Gasteiger partial charge in [-0.25, -0.2) is 13.1 Å². The van der Waals surface area contributed by atoms with Crippen LogP contribution in [-0.4, -0.2) is 27.5 Å². The molecular weight excluding hydrogens is 468 g/mol. The molecule has 0 spiro atoms. The molecule has 0 atom stereocenters. The summed E-state index contributed by atoms with van der Waals surface area (Å²) in [6.07, 6.45) is 1.48. The molecule has 1 amide bonds. The van der Waals surface area contributed by atoms with Crippen molar-refractivity contribution in [3.8, 4) is 11.5 Å². The van der Waals surface area contributed by atoms with E-state index in [4.69, 9.17) is 13.9 Å². The summed E-state index contributed by atoms with van der Waals surface area (Å²) >= 11 is 0. The molecule has 8 nitrogen and oxygen atoms in total. The van der Waals surface area contributed by atoms with Crippen LogP contribution in [0, 0.1) is 0 Å². The highest BCUT2D eigenvalue weighted by molar-refractivity contribution is 7.89. The van der Waals surface area contributed by atoms with E-state index in [9.17, 15) is 13.2 Å². The zero-order valence-corrected chi connectivity index (χ0v) is 19.5. The van der Waals surface area contributed by atoms with E-state index in [2.05, 4.69) is 10.0 Å². The number of rotatable bonds is 11. The molecule has 4 aromatic rings. The van der Waals surface area contributed by atoms with Crippen LogP contribution >= 0.6 is 0 Å². The van der Waals surface area contributed by atoms with Gasteiger partial charge in [0.15, 0.2) is 0 Å². The number of carbonyl (C=O) groups excluding carboxylic acids is 1. The summed E-state index contributed by atoms with van der Waals surface area (Å²) in [5.74, 6) is 1.29. The fourth-order valence-electron chi connectivity index (χ4n) is 3.19. The predicted molar refractivity (Wildman–Crippen MR) is 131 cm³/mol. The maximum Gasteiger partial charge on any atom is 0.259 e. The molecular formula is C26H24N2O6S. The van der Waals surface area contributed by atoms with Crippen molar-refractivity contribution in [1.29, 1.82) is 0 Å². The Morgan fingerprint density at radius 3 is 2.26 bits per heavy atom. The average molecular weight is 493 g/mol. The molecule has 0 fully saturated rings. The Kier molecular flexibility index (Phi) is 7.81. The molecule has 9 heteroatoms. The van der Waals surface area contributed by atoms with Crippen LogP contribution in [0.1, 0.15) is 16.1 Å². The number of ether oxygens (including phenoxy) is 2. The van der Waals surface area contributed by atoms with Gasteiger partial charge in [0.1, 0.15) is 30.5 Å². The van der Waals surface area contributed by atoms with Crippen molar-refractivity contribution in [3.63, 3.8) is 0 Å². The number of amides is 1. The number of benzene rings is 3. The maximum atomic E-state index is 12.8. The molecule has 1 aromatic heterocycles. The number of hydrogen-bond acceptors (Lipinski definition) is 6. The van der Waals surface area contributed by atoms with E-state index >= 15 is 0 Å². The third kappa shape index (κ3) is 6.72. The molecule has 4 rings (SSSR count). The summed E-state index contributed by atoms with van der Waals surface area (Å²) in [6, 6.07) is 25.5. The van der Waals surface area contributed by atoms with Gasteiger partial charge in [0, 0.05) is 5.69 Å². The molecule has 35 heavy (non-hydrogen) atoms. The predicted octanol–water partition coefficient (Wildman–Crippen LogP) is 4.47. The van der Waals surface area contributed by atoms with Gasteiger partial charge in [0.25, 0.3) is 5.91 Å². The molecule has 0 saturated carbocycles. The van der Waals surface area contributed by atoms with Gasteiger partial charge in [-0.3, -0.25) is 4.79 Å². The van der Waals surface area contributed by atoms with Crippen LogP contribution in [0.2, 0.25) is 0 Å². The van der Waals surface area contributed by atoms with Gasteiger partial charge < -0.3 is 19.2 Å². The molecule has 180 valence electrons. The summed E-state index contributed by atoms with van der Waals surface area (Å²) in [4.78, 5) is 12.9. The van der Waals surface area contributed by atoms with Crippen molar-refractivity contribution in [2.45, 2.75) is 11.4 Å². The van der Waals surface area contributed by atoms with E-state index in [1.807, 2.05) is 30.3 Å². The van der Waals surface area contributed by atoms with E-state index in [0.29, 0.717) is 29.4 Å². The lowest BCUT2D eigenvalue weighted by molar-refractivity contribution is 0.102. The molecule has 0 unspecified atom stereocenters. The third-order valence-corrected chi connectivity index (χ3v) is 6.34. The van der Waals surface area contributed by atoms with Crippen molar-refractivity contribution in [2.24, 2.45) is 0 Å². The minimum Gasteiger partial charge on any atom is -0.490 e. The molecule has 2 N–H and O–H groups in total. The molecule has 0 bridgehead atoms. The van der Waals surface area contributed by atoms with Gasteiger partial charge in [0.05, 0.1) is 23.3 Å². The van der Waals surface area contributed by atoms with Gasteiger partial charge in [-0.15, -0.1) is 0 Å². The normalized spacial score (nSPS) is 11.1. The van der Waals surface area contributed by atoms with Crippen molar-refractivity contribution in [2.75, 3.05) is 18.5 Å². The Balaban J connectivity index is 1.33. The Morgan fingerprint density at radius 2 is 1.51 bits per heavy atom. The highest BCUT2D eigenvalue weighted by Crippen LogP contribution is 2.21. The first kappa shape index (κ1) is 24.1. The van der Waals surface area contributed by atoms with Gasteiger partial charge >= 0.3 is 0 Å². The lowest BCUT2D eigenvalue weighted by Gasteiger charge is -2.13. The molecule has 3 aromatic carbocycles. The second kappa shape index (κ2) is 11.4. The number of para-hydroxylation sites is 2. The highest BCUT2D eigenvalue weighted by Gasteiger charge is 2.16. The summed E-state index contributed by atoms with van der Waals surface area (Å²) in [6.45, 7) is 0.627. The third-order valence-electron chi connectivity index (χ3n) is 4.92. The monoisotopic (exact) mass is 492 g/mol. The zero-order chi connectivity index (χ0) is 24.5. The van der Waals surface area contributed by atoms with Crippen LogP contribution in [-0.2, 0) is 16.6 Å². The maximum absolute atomic E-state index is 12.8. The molecule has 0 aliphatic heterocycles. The number of furan rings is 1. The first-order valence-corrected chi connectivity index (χ1v) is 12.3. The van der Waals surface area contributed by atoms with Gasteiger partial charge in [-0.05, 0) is 60.7 Å². The average Bonchev–Trinajstić information content (AvgIpc) is 3.41. The zero-order valence-electron chi connectivity index (χ0n) is 18.7. The number of carbonyl (C=O) groups is 1. The van der Waals surface area contributed by atoms with E-state index in [0.717, 1.165) is 5.75 Å². The fraction of sp³-hybridized carbons (Fsp3) is 0.115. The molecule has 0 aliphatic rings. The summed E-state index contributed by atoms with van der Waals surface area (Å²) < 4.78 is 43.9. The van der Waals surface area contributed by atoms with Crippen LogP contribution < -0.4 is 19.5 Å². The quantitative estimate of drug-likeness (QED) is 0.299. The van der Waals surface area contributed by atoms with Crippen molar-refractivity contribution >= 4 is 21.6 Å². The topological polar surface area (TPSA) is 107 Å². The van der Waals surface area contributed by atoms with Crippen molar-refractivity contribution in [1.82, 2.24) is 4.72 Å². The number of anilines is 1. The number of nitrogens with one attached hydrogen (secondary N) is 2. The molecule has 1 heterocycles. The van der Waals surface area contributed by atoms with Crippen molar-refractivity contribution < 1.29 is 27.1 Å². The number of hydrogen-bond donors (Lipinski definition) is 2. The lowest BCUT2D eigenvalue weighted by atomic mass is 10.2. The minimum absolute atomic E-state index is 0.0427. The summed E-state index contributed by atoms with van der Waals surface area (Å²) in [5, 5.41) is 2.77. The smallest absolute Gasteiger partial charge is 0.259 e. The standard InChI is InChI=1S/C26H24N2O6S/c29-26(24-10-4-5-11-25(24)34-18-17-33-21-7-2-1-3-8-21)28-20-12-14-23(15-13-20)35(30,31)27-19-22-9-6-16-32-22/h1-16,27H,17-19H2,(H,28,29). The van der Waals surface area contributed by atoms with Gasteiger partial charge in [-0.1, -0.05) is 30.3 Å². The summed E-state index contributed by atoms with van der Waals surface area (Å²) in [7, 11) is -3.73. The van der Waals surface area contributed by atoms with E-state index < -0.39 is 10.0 Å². The Labute approximate surface area is 203 Å². The summed E-state index contributed by atoms with van der Waals surface area (Å²) in [5.41, 5.74) is 0.797. The second-order valence-electron chi connectivity index (χ2n) is 7.39. The van der Waals surface area contributed by atoms with E-state index in [-0.39, 0.29) is 24.0 Å². The van der Waals surface area contributed by atoms with Gasteiger partial charge in [-0.2, -0.15) is 0 Å². The van der Waals surface area contributed by atoms with Crippen LogP contribution in [0.3, 0.4) is 0 Å². The Hall–Kier alpha value is -4.08. The highest BCUT2D eigenvalue weighted by atomic mass is 32.2. The minimum atomic E-state index is -3.73. The lowest BCUT2D eigenvalue weighted by Crippen LogP contribution is -2.23. The van der Waals surface area contributed by atoms with Crippen LogP contribution in [0.5, 0.6) is 11.5 Å². The van der Waals surface area contributed by atoms with Crippen molar-refractivity contribution in [3.05, 3.63) is 109 Å². The molecule has 0 radical (unpaired) electrons. The van der Waals surface area contributed by atoms with E-state index in [1.165, 1.54) is 30.5 Å². The van der Waals surface area contributed by atoms with Gasteiger partial charge in [0.2, 0.25) is 10.0 Å². The first-order chi connectivity index (χ1) is 17.0. The fourth-order valence-corrected chi connectivity index (χ4v) is 4.18. The Morgan fingerprint density at radius 1 is 0.800 bits per heavy atom. The SMILES string of the molecule is O=C(Nc1ccc(S(=O)(=O)NCc2ccco2)cc1)c1ccccc1OCCOc1ccccc1. The van der Waals surface area contributed by atoms with Crippen LogP contribution in [0.25, 0.3) is 0 Å². The molecule has 0 aliphatic carbocycles. The first-order valence-electron chi connectivity index (χ1n) is 10.8. The Bertz CT molecular complexity index is 1340. The van der Waals surface area contributed by atoms with Crippen LogP contribution in [0.4, 0.5) is 5.69 Å². The number of sulfonamides is 1. The largest absolute Gasteiger partial charge is 0.490 e. The second-order valence-corrected chi connectivity index (χ2v) is 9.16. The van der Waals surface area contributed by atoms with E-state index in [1.54, 1.807) is 36.4 Å². The van der Waals surface area contributed by atoms with Crippen LogP contribution in [0.15, 0.2) is 107 Å².